The highest BCUT2D eigenvalue weighted by molar-refractivity contribution is 5.17. The Morgan fingerprint density at radius 1 is 1.53 bits per heavy atom. The number of hydrogen-bond donors (Lipinski definition) is 1. The fourth-order valence-electron chi connectivity index (χ4n) is 2.41. The summed E-state index contributed by atoms with van der Waals surface area (Å²) < 4.78 is 24.1. The molecule has 1 N–H and O–H groups in total. The largest absolute Gasteiger partial charge is 0.378 e. The van der Waals surface area contributed by atoms with Gasteiger partial charge in [0, 0.05) is 32.7 Å². The zero-order chi connectivity index (χ0) is 13.7. The van der Waals surface area contributed by atoms with Crippen LogP contribution in [0.1, 0.15) is 18.9 Å². The number of nitrogens with one attached hydrogen (secondary N) is 1. The van der Waals surface area contributed by atoms with Gasteiger partial charge in [-0.15, -0.1) is 0 Å². The first-order chi connectivity index (χ1) is 9.13. The van der Waals surface area contributed by atoms with E-state index in [1.807, 2.05) is 6.07 Å². The standard InChI is InChI=1S/C15H22FNO2/c1-12(8-13-4-3-5-14(16)9-13)17-10-15(18-2)6-7-19-11-15/h3-5,9,12,17H,6-8,10-11H2,1-2H3. The Morgan fingerprint density at radius 2 is 2.37 bits per heavy atom. The number of hydrogen-bond acceptors (Lipinski definition) is 3. The molecule has 1 aliphatic heterocycles. The minimum absolute atomic E-state index is 0.178. The molecule has 19 heavy (non-hydrogen) atoms. The first-order valence-corrected chi connectivity index (χ1v) is 6.74. The van der Waals surface area contributed by atoms with E-state index in [0.29, 0.717) is 6.61 Å². The molecule has 1 aromatic carbocycles. The first-order valence-electron chi connectivity index (χ1n) is 6.74. The Kier molecular flexibility index (Phi) is 4.91. The molecule has 0 saturated carbocycles. The van der Waals surface area contributed by atoms with Crippen molar-refractivity contribution in [2.75, 3.05) is 26.9 Å². The highest BCUT2D eigenvalue weighted by Crippen LogP contribution is 2.21. The van der Waals surface area contributed by atoms with Crippen LogP contribution in [0.2, 0.25) is 0 Å². The van der Waals surface area contributed by atoms with Crippen molar-refractivity contribution in [3.05, 3.63) is 35.6 Å². The average molecular weight is 267 g/mol. The Bertz CT molecular complexity index is 405. The van der Waals surface area contributed by atoms with Gasteiger partial charge in [-0.1, -0.05) is 12.1 Å². The SMILES string of the molecule is COC1(CNC(C)Cc2cccc(F)c2)CCOC1. The van der Waals surface area contributed by atoms with Gasteiger partial charge in [0.2, 0.25) is 0 Å². The molecule has 106 valence electrons. The molecule has 2 rings (SSSR count). The van der Waals surface area contributed by atoms with Crippen LogP contribution in [-0.4, -0.2) is 38.5 Å². The van der Waals surface area contributed by atoms with Crippen molar-refractivity contribution in [2.24, 2.45) is 0 Å². The molecule has 4 heteroatoms. The fourth-order valence-corrected chi connectivity index (χ4v) is 2.41. The van der Waals surface area contributed by atoms with Crippen molar-refractivity contribution in [1.29, 1.82) is 0 Å². The fraction of sp³-hybridized carbons (Fsp3) is 0.600. The molecule has 1 saturated heterocycles. The molecule has 3 nitrogen and oxygen atoms in total. The normalized spacial score (nSPS) is 24.6. The van der Waals surface area contributed by atoms with Gasteiger partial charge in [0.05, 0.1) is 6.61 Å². The van der Waals surface area contributed by atoms with Crippen LogP contribution in [0, 0.1) is 5.82 Å². The van der Waals surface area contributed by atoms with Crippen LogP contribution < -0.4 is 5.32 Å². The Morgan fingerprint density at radius 3 is 3.00 bits per heavy atom. The van der Waals surface area contributed by atoms with E-state index in [-0.39, 0.29) is 17.5 Å². The van der Waals surface area contributed by atoms with Crippen LogP contribution in [0.3, 0.4) is 0 Å². The van der Waals surface area contributed by atoms with E-state index in [1.54, 1.807) is 19.2 Å². The zero-order valence-corrected chi connectivity index (χ0v) is 11.6. The summed E-state index contributed by atoms with van der Waals surface area (Å²) in [6.07, 6.45) is 1.72. The van der Waals surface area contributed by atoms with Gasteiger partial charge >= 0.3 is 0 Å². The summed E-state index contributed by atoms with van der Waals surface area (Å²) in [5.74, 6) is -0.178. The highest BCUT2D eigenvalue weighted by Gasteiger charge is 2.34. The molecule has 2 atom stereocenters. The molecule has 0 aliphatic carbocycles. The third-order valence-corrected chi connectivity index (χ3v) is 3.70. The molecule has 0 spiro atoms. The van der Waals surface area contributed by atoms with Crippen molar-refractivity contribution in [1.82, 2.24) is 5.32 Å². The molecule has 1 fully saturated rings. The van der Waals surface area contributed by atoms with Gasteiger partial charge in [-0.05, 0) is 31.0 Å². The van der Waals surface area contributed by atoms with E-state index in [2.05, 4.69) is 12.2 Å². The molecule has 0 bridgehead atoms. The maximum absolute atomic E-state index is 13.1. The lowest BCUT2D eigenvalue weighted by Gasteiger charge is -2.28. The summed E-state index contributed by atoms with van der Waals surface area (Å²) >= 11 is 0. The van der Waals surface area contributed by atoms with E-state index in [9.17, 15) is 4.39 Å². The number of rotatable bonds is 6. The van der Waals surface area contributed by atoms with Gasteiger partial charge in [0.25, 0.3) is 0 Å². The van der Waals surface area contributed by atoms with Crippen LogP contribution in [0.4, 0.5) is 4.39 Å². The Balaban J connectivity index is 1.82. The van der Waals surface area contributed by atoms with E-state index in [1.165, 1.54) is 6.07 Å². The van der Waals surface area contributed by atoms with Gasteiger partial charge in [-0.25, -0.2) is 4.39 Å². The minimum Gasteiger partial charge on any atom is -0.378 e. The molecule has 0 radical (unpaired) electrons. The molecular weight excluding hydrogens is 245 g/mol. The van der Waals surface area contributed by atoms with Crippen LogP contribution in [0.25, 0.3) is 0 Å². The monoisotopic (exact) mass is 267 g/mol. The van der Waals surface area contributed by atoms with E-state index >= 15 is 0 Å². The van der Waals surface area contributed by atoms with E-state index in [4.69, 9.17) is 9.47 Å². The minimum atomic E-state index is -0.198. The number of methoxy groups -OCH3 is 1. The quantitative estimate of drug-likeness (QED) is 0.856. The lowest BCUT2D eigenvalue weighted by atomic mass is 10.0. The first kappa shape index (κ1) is 14.4. The Hall–Kier alpha value is -0.970. The molecule has 1 aliphatic rings. The van der Waals surface area contributed by atoms with Crippen molar-refractivity contribution in [3.63, 3.8) is 0 Å². The van der Waals surface area contributed by atoms with Crippen LogP contribution >= 0.6 is 0 Å². The molecule has 0 aromatic heterocycles. The van der Waals surface area contributed by atoms with Gasteiger partial charge in [0.15, 0.2) is 0 Å². The van der Waals surface area contributed by atoms with Crippen molar-refractivity contribution in [2.45, 2.75) is 31.4 Å². The lowest BCUT2D eigenvalue weighted by Crippen LogP contribution is -2.46. The zero-order valence-electron chi connectivity index (χ0n) is 11.6. The van der Waals surface area contributed by atoms with Gasteiger partial charge < -0.3 is 14.8 Å². The smallest absolute Gasteiger partial charge is 0.123 e. The Labute approximate surface area is 114 Å². The average Bonchev–Trinajstić information content (AvgIpc) is 2.86. The van der Waals surface area contributed by atoms with E-state index < -0.39 is 0 Å². The summed E-state index contributed by atoms with van der Waals surface area (Å²) in [5, 5.41) is 3.46. The summed E-state index contributed by atoms with van der Waals surface area (Å²) in [5.41, 5.74) is 0.810. The second-order valence-corrected chi connectivity index (χ2v) is 5.31. The van der Waals surface area contributed by atoms with Crippen LogP contribution in [0.5, 0.6) is 0 Å². The molecule has 0 amide bonds. The highest BCUT2D eigenvalue weighted by atomic mass is 19.1. The molecule has 1 heterocycles. The second kappa shape index (κ2) is 6.46. The van der Waals surface area contributed by atoms with Crippen molar-refractivity contribution < 1.29 is 13.9 Å². The summed E-state index contributed by atoms with van der Waals surface area (Å²) in [7, 11) is 1.73. The van der Waals surface area contributed by atoms with Gasteiger partial charge in [-0.3, -0.25) is 0 Å². The van der Waals surface area contributed by atoms with Crippen LogP contribution in [0.15, 0.2) is 24.3 Å². The number of halogens is 1. The van der Waals surface area contributed by atoms with Gasteiger partial charge in [0.1, 0.15) is 11.4 Å². The third kappa shape index (κ3) is 4.00. The summed E-state index contributed by atoms with van der Waals surface area (Å²) in [6, 6.07) is 7.03. The predicted molar refractivity (Wildman–Crippen MR) is 72.7 cm³/mol. The molecular formula is C15H22FNO2. The maximum atomic E-state index is 13.1. The molecule has 2 unspecified atom stereocenters. The van der Waals surface area contributed by atoms with Gasteiger partial charge in [-0.2, -0.15) is 0 Å². The topological polar surface area (TPSA) is 30.5 Å². The summed E-state index contributed by atoms with van der Waals surface area (Å²) in [6.45, 7) is 4.26. The third-order valence-electron chi connectivity index (χ3n) is 3.70. The summed E-state index contributed by atoms with van der Waals surface area (Å²) in [4.78, 5) is 0. The van der Waals surface area contributed by atoms with Crippen LogP contribution in [-0.2, 0) is 15.9 Å². The maximum Gasteiger partial charge on any atom is 0.123 e. The van der Waals surface area contributed by atoms with Crippen molar-refractivity contribution in [3.8, 4) is 0 Å². The second-order valence-electron chi connectivity index (χ2n) is 5.31. The lowest BCUT2D eigenvalue weighted by molar-refractivity contribution is -0.0171. The molecule has 1 aromatic rings. The number of benzene rings is 1. The van der Waals surface area contributed by atoms with Crippen molar-refractivity contribution >= 4 is 0 Å². The predicted octanol–water partition coefficient (Wildman–Crippen LogP) is 2.15. The van der Waals surface area contributed by atoms with E-state index in [0.717, 1.165) is 31.6 Å². The number of ether oxygens (including phenoxy) is 2.